The molecule has 0 radical (unpaired) electrons. The van der Waals surface area contributed by atoms with E-state index in [2.05, 4.69) is 22.8 Å². The third-order valence-electron chi connectivity index (χ3n) is 6.24. The standard InChI is InChI=1S/C20H28N2O/c23-19(21-7-6-15-4-2-1-3-5-15)14-22-20-11-16-8-17(12-20)10-18(9-16)13-20/h1-5,16-18,22H,6-14H2,(H,21,23). The summed E-state index contributed by atoms with van der Waals surface area (Å²) in [6.45, 7) is 1.21. The van der Waals surface area contributed by atoms with Crippen LogP contribution in [0.1, 0.15) is 44.1 Å². The fourth-order valence-electron chi connectivity index (χ4n) is 5.65. The van der Waals surface area contributed by atoms with E-state index in [-0.39, 0.29) is 11.4 Å². The minimum absolute atomic E-state index is 0.150. The summed E-state index contributed by atoms with van der Waals surface area (Å²) in [6.07, 6.45) is 9.16. The molecule has 3 nitrogen and oxygen atoms in total. The molecule has 1 aromatic rings. The zero-order valence-electron chi connectivity index (χ0n) is 13.9. The van der Waals surface area contributed by atoms with Crippen LogP contribution >= 0.6 is 0 Å². The first kappa shape index (κ1) is 15.2. The van der Waals surface area contributed by atoms with Crippen molar-refractivity contribution in [3.63, 3.8) is 0 Å². The molecule has 4 aliphatic rings. The summed E-state index contributed by atoms with van der Waals surface area (Å²) in [5.41, 5.74) is 1.56. The number of amides is 1. The molecular formula is C20H28N2O. The average Bonchev–Trinajstić information content (AvgIpc) is 2.53. The Kier molecular flexibility index (Phi) is 4.14. The predicted molar refractivity (Wildman–Crippen MR) is 92.1 cm³/mol. The summed E-state index contributed by atoms with van der Waals surface area (Å²) in [4.78, 5) is 12.2. The molecule has 0 aliphatic heterocycles. The summed E-state index contributed by atoms with van der Waals surface area (Å²) in [7, 11) is 0. The van der Waals surface area contributed by atoms with E-state index in [1.54, 1.807) is 0 Å². The monoisotopic (exact) mass is 312 g/mol. The molecule has 0 unspecified atom stereocenters. The number of nitrogens with one attached hydrogen (secondary N) is 2. The van der Waals surface area contributed by atoms with Gasteiger partial charge in [-0.1, -0.05) is 30.3 Å². The van der Waals surface area contributed by atoms with E-state index in [4.69, 9.17) is 0 Å². The summed E-state index contributed by atoms with van der Waals surface area (Å²) >= 11 is 0. The molecule has 5 rings (SSSR count). The van der Waals surface area contributed by atoms with Crippen LogP contribution < -0.4 is 10.6 Å². The van der Waals surface area contributed by atoms with Crippen molar-refractivity contribution >= 4 is 5.91 Å². The second-order valence-corrected chi connectivity index (χ2v) is 8.14. The third-order valence-corrected chi connectivity index (χ3v) is 6.24. The van der Waals surface area contributed by atoms with Crippen LogP contribution in [0, 0.1) is 17.8 Å². The van der Waals surface area contributed by atoms with Gasteiger partial charge in [-0.2, -0.15) is 0 Å². The number of benzene rings is 1. The fourth-order valence-corrected chi connectivity index (χ4v) is 5.65. The summed E-state index contributed by atoms with van der Waals surface area (Å²) in [5, 5.41) is 6.73. The van der Waals surface area contributed by atoms with Crippen LogP contribution in [0.2, 0.25) is 0 Å². The second-order valence-electron chi connectivity index (χ2n) is 8.14. The maximum Gasteiger partial charge on any atom is 0.233 e. The lowest BCUT2D eigenvalue weighted by Gasteiger charge is -2.57. The number of rotatable bonds is 6. The Morgan fingerprint density at radius 3 is 2.22 bits per heavy atom. The van der Waals surface area contributed by atoms with Crippen LogP contribution in [0.5, 0.6) is 0 Å². The molecule has 0 saturated heterocycles. The Bertz CT molecular complexity index is 519. The summed E-state index contributed by atoms with van der Waals surface area (Å²) in [6, 6.07) is 10.3. The number of hydrogen-bond donors (Lipinski definition) is 2. The van der Waals surface area contributed by atoms with Crippen molar-refractivity contribution in [2.24, 2.45) is 17.8 Å². The molecule has 23 heavy (non-hydrogen) atoms. The molecule has 0 atom stereocenters. The zero-order valence-corrected chi connectivity index (χ0v) is 13.9. The molecular weight excluding hydrogens is 284 g/mol. The van der Waals surface area contributed by atoms with Gasteiger partial charge in [0.2, 0.25) is 5.91 Å². The molecule has 2 N–H and O–H groups in total. The van der Waals surface area contributed by atoms with Gasteiger partial charge in [-0.3, -0.25) is 4.79 Å². The summed E-state index contributed by atoms with van der Waals surface area (Å²) in [5.74, 6) is 2.93. The SMILES string of the molecule is O=C(CNC12CC3CC(CC(C3)C1)C2)NCCc1ccccc1. The minimum atomic E-state index is 0.150. The minimum Gasteiger partial charge on any atom is -0.355 e. The molecule has 1 aromatic carbocycles. The van der Waals surface area contributed by atoms with E-state index < -0.39 is 0 Å². The first-order valence-corrected chi connectivity index (χ1v) is 9.26. The van der Waals surface area contributed by atoms with Crippen LogP contribution in [0.3, 0.4) is 0 Å². The van der Waals surface area contributed by atoms with Gasteiger partial charge >= 0.3 is 0 Å². The highest BCUT2D eigenvalue weighted by molar-refractivity contribution is 5.78. The lowest BCUT2D eigenvalue weighted by Crippen LogP contribution is -2.59. The number of carbonyl (C=O) groups is 1. The van der Waals surface area contributed by atoms with Gasteiger partial charge in [0.15, 0.2) is 0 Å². The van der Waals surface area contributed by atoms with Crippen LogP contribution in [-0.4, -0.2) is 24.5 Å². The number of carbonyl (C=O) groups excluding carboxylic acids is 1. The highest BCUT2D eigenvalue weighted by Crippen LogP contribution is 2.55. The second kappa shape index (κ2) is 6.27. The maximum atomic E-state index is 12.2. The molecule has 4 aliphatic carbocycles. The Morgan fingerprint density at radius 2 is 1.61 bits per heavy atom. The van der Waals surface area contributed by atoms with Crippen LogP contribution in [0.15, 0.2) is 30.3 Å². The van der Waals surface area contributed by atoms with Gasteiger partial charge in [0, 0.05) is 12.1 Å². The average molecular weight is 312 g/mol. The van der Waals surface area contributed by atoms with E-state index >= 15 is 0 Å². The van der Waals surface area contributed by atoms with E-state index in [9.17, 15) is 4.79 Å². The first-order chi connectivity index (χ1) is 11.2. The van der Waals surface area contributed by atoms with Gasteiger partial charge < -0.3 is 10.6 Å². The van der Waals surface area contributed by atoms with Crippen LogP contribution in [0.25, 0.3) is 0 Å². The van der Waals surface area contributed by atoms with Gasteiger partial charge in [0.25, 0.3) is 0 Å². The Balaban J connectivity index is 1.22. The van der Waals surface area contributed by atoms with Gasteiger partial charge in [-0.15, -0.1) is 0 Å². The van der Waals surface area contributed by atoms with Crippen molar-refractivity contribution in [1.82, 2.24) is 10.6 Å². The first-order valence-electron chi connectivity index (χ1n) is 9.26. The topological polar surface area (TPSA) is 41.1 Å². The van der Waals surface area contributed by atoms with E-state index in [0.29, 0.717) is 6.54 Å². The lowest BCUT2D eigenvalue weighted by molar-refractivity contribution is -0.121. The van der Waals surface area contributed by atoms with Crippen molar-refractivity contribution in [2.75, 3.05) is 13.1 Å². The Hall–Kier alpha value is -1.35. The molecule has 0 heterocycles. The molecule has 4 fully saturated rings. The van der Waals surface area contributed by atoms with Crippen molar-refractivity contribution in [3.8, 4) is 0 Å². The van der Waals surface area contributed by atoms with Gasteiger partial charge in [-0.05, 0) is 68.3 Å². The van der Waals surface area contributed by atoms with Crippen molar-refractivity contribution in [2.45, 2.75) is 50.5 Å². The quantitative estimate of drug-likeness (QED) is 0.848. The van der Waals surface area contributed by atoms with E-state index in [1.807, 2.05) is 18.2 Å². The van der Waals surface area contributed by atoms with Crippen LogP contribution in [-0.2, 0) is 11.2 Å². The highest BCUT2D eigenvalue weighted by Gasteiger charge is 2.50. The maximum absolute atomic E-state index is 12.2. The van der Waals surface area contributed by atoms with Gasteiger partial charge in [-0.25, -0.2) is 0 Å². The molecule has 1 amide bonds. The smallest absolute Gasteiger partial charge is 0.233 e. The molecule has 0 aromatic heterocycles. The van der Waals surface area contributed by atoms with E-state index in [1.165, 1.54) is 44.1 Å². The van der Waals surface area contributed by atoms with Crippen molar-refractivity contribution in [1.29, 1.82) is 0 Å². The number of hydrogen-bond acceptors (Lipinski definition) is 2. The zero-order chi connectivity index (χ0) is 15.7. The van der Waals surface area contributed by atoms with Gasteiger partial charge in [0.1, 0.15) is 0 Å². The molecule has 4 bridgehead atoms. The Labute approximate surface area is 139 Å². The van der Waals surface area contributed by atoms with Crippen molar-refractivity contribution < 1.29 is 4.79 Å². The molecule has 0 spiro atoms. The molecule has 124 valence electrons. The lowest BCUT2D eigenvalue weighted by atomic mass is 9.53. The Morgan fingerprint density at radius 1 is 1.00 bits per heavy atom. The fraction of sp³-hybridized carbons (Fsp3) is 0.650. The van der Waals surface area contributed by atoms with E-state index in [0.717, 1.165) is 30.7 Å². The third kappa shape index (κ3) is 3.45. The largest absolute Gasteiger partial charge is 0.355 e. The molecule has 4 saturated carbocycles. The normalized spacial score (nSPS) is 34.5. The molecule has 3 heteroatoms. The van der Waals surface area contributed by atoms with Crippen LogP contribution in [0.4, 0.5) is 0 Å². The van der Waals surface area contributed by atoms with Crippen molar-refractivity contribution in [3.05, 3.63) is 35.9 Å². The summed E-state index contributed by atoms with van der Waals surface area (Å²) < 4.78 is 0. The highest BCUT2D eigenvalue weighted by atomic mass is 16.1. The van der Waals surface area contributed by atoms with Gasteiger partial charge in [0.05, 0.1) is 6.54 Å². The predicted octanol–water partition coefficient (Wildman–Crippen LogP) is 2.90.